The molecule has 0 amide bonds. The molecule has 1 aromatic carbocycles. The molecule has 47 heavy (non-hydrogen) atoms. The Bertz CT molecular complexity index is 1710. The summed E-state index contributed by atoms with van der Waals surface area (Å²) >= 11 is 0. The molecule has 1 heterocycles. The molecular weight excluding hydrogens is 580 g/mol. The van der Waals surface area contributed by atoms with Gasteiger partial charge in [0.2, 0.25) is 0 Å². The van der Waals surface area contributed by atoms with Gasteiger partial charge in [0.15, 0.2) is 28.5 Å². The lowest BCUT2D eigenvalue weighted by molar-refractivity contribution is -0.160. The Balaban J connectivity index is 1.26. The van der Waals surface area contributed by atoms with Gasteiger partial charge in [-0.2, -0.15) is 0 Å². The smallest absolute Gasteiger partial charge is 0.186 e. The molecule has 4 nitrogen and oxygen atoms in total. The minimum Gasteiger partial charge on any atom is -0.478 e. The zero-order chi connectivity index (χ0) is 33.7. The van der Waals surface area contributed by atoms with E-state index in [4.69, 9.17) is 9.47 Å². The Hall–Kier alpha value is -2.62. The van der Waals surface area contributed by atoms with Crippen LogP contribution in [0.2, 0.25) is 0 Å². The first-order chi connectivity index (χ1) is 22.0. The van der Waals surface area contributed by atoms with Crippen LogP contribution in [0.1, 0.15) is 141 Å². The second-order valence-corrected chi connectivity index (χ2v) is 18.5. The van der Waals surface area contributed by atoms with E-state index < -0.39 is 11.2 Å². The maximum Gasteiger partial charge on any atom is 0.186 e. The van der Waals surface area contributed by atoms with E-state index in [1.807, 2.05) is 0 Å². The van der Waals surface area contributed by atoms with E-state index in [0.717, 1.165) is 86.0 Å². The minimum absolute atomic E-state index is 0.0271. The number of carbonyl (C=O) groups is 2. The van der Waals surface area contributed by atoms with Crippen molar-refractivity contribution >= 4 is 11.6 Å². The molecule has 0 spiro atoms. The predicted octanol–water partition coefficient (Wildman–Crippen LogP) is 10.2. The Labute approximate surface area is 282 Å². The number of rotatable bonds is 1. The molecule has 7 aliphatic rings. The second kappa shape index (κ2) is 9.54. The molecule has 10 atom stereocenters. The average Bonchev–Trinajstić information content (AvgIpc) is 3.22. The van der Waals surface area contributed by atoms with Gasteiger partial charge in [-0.3, -0.25) is 9.59 Å². The van der Waals surface area contributed by atoms with Crippen molar-refractivity contribution < 1.29 is 19.1 Å². The number of Topliss-reactive ketones (excluding diaryl/α,β-unsaturated/α-hetero) is 1. The molecule has 4 saturated carbocycles. The lowest BCUT2D eigenvalue weighted by Gasteiger charge is -2.69. The van der Waals surface area contributed by atoms with Crippen molar-refractivity contribution in [1.82, 2.24) is 0 Å². The highest BCUT2D eigenvalue weighted by Gasteiger charge is 2.68. The lowest BCUT2D eigenvalue weighted by Crippen LogP contribution is -2.64. The number of benzene rings is 1. The third-order valence-electron chi connectivity index (χ3n) is 16.3. The Morgan fingerprint density at radius 2 is 1.72 bits per heavy atom. The molecule has 1 aliphatic heterocycles. The lowest BCUT2D eigenvalue weighted by atomic mass is 9.35. The number of hydrogen-bond acceptors (Lipinski definition) is 4. The van der Waals surface area contributed by atoms with Crippen LogP contribution in [0.25, 0.3) is 0 Å². The summed E-state index contributed by atoms with van der Waals surface area (Å²) in [6.07, 6.45) is 14.1. The van der Waals surface area contributed by atoms with Crippen molar-refractivity contribution in [3.63, 3.8) is 0 Å². The van der Waals surface area contributed by atoms with Crippen molar-refractivity contribution in [2.45, 2.75) is 143 Å². The quantitative estimate of drug-likeness (QED) is 0.288. The summed E-state index contributed by atoms with van der Waals surface area (Å²) in [5, 5.41) is 0. The van der Waals surface area contributed by atoms with Crippen molar-refractivity contribution in [2.75, 3.05) is 0 Å². The van der Waals surface area contributed by atoms with Crippen LogP contribution >= 0.6 is 0 Å². The number of ether oxygens (including phenoxy) is 2. The van der Waals surface area contributed by atoms with Gasteiger partial charge in [-0.1, -0.05) is 59.8 Å². The molecule has 0 bridgehead atoms. The third-order valence-corrected chi connectivity index (χ3v) is 16.3. The topological polar surface area (TPSA) is 52.6 Å². The van der Waals surface area contributed by atoms with Gasteiger partial charge in [-0.05, 0) is 123 Å². The van der Waals surface area contributed by atoms with Gasteiger partial charge in [-0.15, -0.1) is 0 Å². The minimum atomic E-state index is -0.543. The predicted molar refractivity (Wildman–Crippen MR) is 187 cm³/mol. The fraction of sp³-hybridized carbons (Fsp3) is 0.674. The van der Waals surface area contributed by atoms with Crippen LogP contribution in [0.15, 0.2) is 41.5 Å². The summed E-state index contributed by atoms with van der Waals surface area (Å²) in [5.41, 5.74) is 5.36. The Morgan fingerprint density at radius 3 is 2.45 bits per heavy atom. The fourth-order valence-electron chi connectivity index (χ4n) is 12.9. The van der Waals surface area contributed by atoms with Gasteiger partial charge >= 0.3 is 0 Å². The van der Waals surface area contributed by atoms with Gasteiger partial charge in [0.05, 0.1) is 0 Å². The molecule has 4 fully saturated rings. The Morgan fingerprint density at radius 1 is 0.979 bits per heavy atom. The highest BCUT2D eigenvalue weighted by Crippen LogP contribution is 2.74. The van der Waals surface area contributed by atoms with Crippen LogP contribution in [0.5, 0.6) is 11.5 Å². The van der Waals surface area contributed by atoms with E-state index in [-0.39, 0.29) is 33.4 Å². The molecule has 0 unspecified atom stereocenters. The number of allylic oxidation sites excluding steroid dienone is 3. The van der Waals surface area contributed by atoms with E-state index >= 15 is 0 Å². The highest BCUT2D eigenvalue weighted by atomic mass is 16.6. The summed E-state index contributed by atoms with van der Waals surface area (Å²) in [6.45, 7) is 25.1. The molecule has 0 N–H and O–H groups in total. The van der Waals surface area contributed by atoms with Gasteiger partial charge < -0.3 is 9.47 Å². The van der Waals surface area contributed by atoms with Crippen molar-refractivity contribution in [1.29, 1.82) is 0 Å². The molecule has 1 aromatic rings. The molecule has 0 aromatic heterocycles. The average molecular weight is 637 g/mol. The first-order valence-electron chi connectivity index (χ1n) is 18.6. The summed E-state index contributed by atoms with van der Waals surface area (Å²) in [6, 6.07) is 2.23. The maximum atomic E-state index is 14.5. The first-order valence-corrected chi connectivity index (χ1v) is 18.6. The number of carbonyl (C=O) groups excluding carboxylic acids is 2. The number of ketones is 2. The SMILES string of the molecule is C=C(C)[C@@H]1CC[C@H](C)[C@@]23CC=C(C)[C@]2(C1)Oc1cc2c(c(C)c1O3)C(=O)C=C1[C@@]2(C)CC[C@@]2(C)[C@@H]3C[C@@H](C)C(=O)C[C@]3(C)CC[C@]12C. The summed E-state index contributed by atoms with van der Waals surface area (Å²) < 4.78 is 14.8. The summed E-state index contributed by atoms with van der Waals surface area (Å²) in [5.74, 6) is 3.41. The van der Waals surface area contributed by atoms with Gasteiger partial charge in [0.25, 0.3) is 0 Å². The second-order valence-electron chi connectivity index (χ2n) is 18.5. The third kappa shape index (κ3) is 3.66. The first kappa shape index (κ1) is 31.6. The van der Waals surface area contributed by atoms with Gasteiger partial charge in [-0.25, -0.2) is 0 Å². The van der Waals surface area contributed by atoms with E-state index in [9.17, 15) is 9.59 Å². The molecule has 6 aliphatic carbocycles. The van der Waals surface area contributed by atoms with E-state index in [1.54, 1.807) is 0 Å². The monoisotopic (exact) mass is 636 g/mol. The fourth-order valence-corrected chi connectivity index (χ4v) is 12.9. The highest BCUT2D eigenvalue weighted by molar-refractivity contribution is 6.10. The van der Waals surface area contributed by atoms with Crippen LogP contribution in [-0.2, 0) is 10.2 Å². The molecule has 252 valence electrons. The van der Waals surface area contributed by atoms with Crippen molar-refractivity contribution in [2.24, 2.45) is 39.9 Å². The van der Waals surface area contributed by atoms with Crippen LogP contribution in [0, 0.1) is 46.8 Å². The Kier molecular flexibility index (Phi) is 6.42. The number of fused-ring (bicyclic) bond motifs is 8. The largest absolute Gasteiger partial charge is 0.478 e. The van der Waals surface area contributed by atoms with Gasteiger partial charge in [0.1, 0.15) is 5.78 Å². The normalized spacial score (nSPS) is 46.4. The molecule has 4 heteroatoms. The standard InChI is InChI=1S/C43H56O4/c1-24(2)29-12-11-26(4)42-14-13-27(5)43(42,22-29)46-33-20-30-36(28(6)37(33)47-42)31(44)21-35-39(30,8)16-18-40(9)34-19-25(3)32(45)23-38(34,7)15-17-41(35,40)10/h13,20-21,25-26,29,34H,1,11-12,14-19,22-23H2,2-10H3/t25-,26+,29-,34-,38+,39+,40+,41-,42+,43+/m1/s1. The van der Waals surface area contributed by atoms with Gasteiger partial charge in [0, 0.05) is 47.6 Å². The number of hydrogen-bond donors (Lipinski definition) is 0. The van der Waals surface area contributed by atoms with Crippen molar-refractivity contribution in [3.8, 4) is 11.5 Å². The zero-order valence-corrected chi connectivity index (χ0v) is 30.5. The zero-order valence-electron chi connectivity index (χ0n) is 30.5. The molecule has 8 rings (SSSR count). The van der Waals surface area contributed by atoms with E-state index in [2.05, 4.69) is 87.1 Å². The molecule has 0 radical (unpaired) electrons. The van der Waals surface area contributed by atoms with Crippen LogP contribution < -0.4 is 9.47 Å². The van der Waals surface area contributed by atoms with E-state index in [0.29, 0.717) is 30.0 Å². The summed E-state index contributed by atoms with van der Waals surface area (Å²) in [7, 11) is 0. The van der Waals surface area contributed by atoms with E-state index in [1.165, 1.54) is 16.7 Å². The summed E-state index contributed by atoms with van der Waals surface area (Å²) in [4.78, 5) is 27.5. The molecule has 0 saturated heterocycles. The van der Waals surface area contributed by atoms with Crippen molar-refractivity contribution in [3.05, 3.63) is 58.2 Å². The molecular formula is C43H56O4. The van der Waals surface area contributed by atoms with Crippen LogP contribution in [0.4, 0.5) is 0 Å². The maximum absolute atomic E-state index is 14.5. The van der Waals surface area contributed by atoms with Crippen LogP contribution in [0.3, 0.4) is 0 Å². The van der Waals surface area contributed by atoms with Crippen LogP contribution in [-0.4, -0.2) is 22.8 Å².